The Labute approximate surface area is 137 Å². The smallest absolute Gasteiger partial charge is 0.337 e. The summed E-state index contributed by atoms with van der Waals surface area (Å²) in [5, 5.41) is 18.3. The number of nitriles is 1. The van der Waals surface area contributed by atoms with Gasteiger partial charge in [-0.2, -0.15) is 5.26 Å². The molecule has 3 rings (SSSR count). The maximum Gasteiger partial charge on any atom is 0.337 e. The summed E-state index contributed by atoms with van der Waals surface area (Å²) in [5.41, 5.74) is 2.24. The van der Waals surface area contributed by atoms with Crippen LogP contribution in [0.5, 0.6) is 5.75 Å². The van der Waals surface area contributed by atoms with E-state index in [2.05, 4.69) is 16.0 Å². The minimum absolute atomic E-state index is 0.0871. The van der Waals surface area contributed by atoms with Crippen LogP contribution in [0.15, 0.2) is 30.3 Å². The van der Waals surface area contributed by atoms with Crippen LogP contribution in [0.3, 0.4) is 0 Å². The molecule has 120 valence electrons. The van der Waals surface area contributed by atoms with Crippen LogP contribution in [0.2, 0.25) is 0 Å². The first-order valence-electron chi connectivity index (χ1n) is 7.18. The number of ether oxygens (including phenoxy) is 1. The normalized spacial score (nSPS) is 10.5. The van der Waals surface area contributed by atoms with E-state index in [1.807, 2.05) is 12.1 Å². The van der Waals surface area contributed by atoms with Gasteiger partial charge in [0.25, 0.3) is 0 Å². The molecule has 3 aromatic rings. The van der Waals surface area contributed by atoms with E-state index in [9.17, 15) is 9.90 Å². The molecule has 0 aliphatic heterocycles. The van der Waals surface area contributed by atoms with E-state index in [4.69, 9.17) is 10.00 Å². The molecule has 0 atom stereocenters. The van der Waals surface area contributed by atoms with Crippen LogP contribution in [0.1, 0.15) is 21.9 Å². The van der Waals surface area contributed by atoms with Crippen molar-refractivity contribution in [2.24, 2.45) is 0 Å². The Bertz CT molecular complexity index is 968. The van der Waals surface area contributed by atoms with Crippen LogP contribution in [0.4, 0.5) is 0 Å². The SMILES string of the molecule is COc1ccc(-n2c(CC#N)nc3cc(C(=O)O)c(C)nc32)cc1. The quantitative estimate of drug-likeness (QED) is 0.792. The number of aromatic nitrogens is 3. The van der Waals surface area contributed by atoms with E-state index in [0.717, 1.165) is 5.69 Å². The van der Waals surface area contributed by atoms with Gasteiger partial charge in [-0.05, 0) is 37.3 Å². The third-order valence-electron chi connectivity index (χ3n) is 3.69. The van der Waals surface area contributed by atoms with E-state index in [1.165, 1.54) is 6.07 Å². The lowest BCUT2D eigenvalue weighted by Gasteiger charge is -2.09. The zero-order valence-electron chi connectivity index (χ0n) is 13.1. The molecule has 7 heteroatoms. The molecule has 0 spiro atoms. The molecule has 0 bridgehead atoms. The van der Waals surface area contributed by atoms with Crippen molar-refractivity contribution in [2.45, 2.75) is 13.3 Å². The van der Waals surface area contributed by atoms with Gasteiger partial charge in [0, 0.05) is 5.69 Å². The molecule has 0 aliphatic rings. The third-order valence-corrected chi connectivity index (χ3v) is 3.69. The van der Waals surface area contributed by atoms with E-state index < -0.39 is 5.97 Å². The van der Waals surface area contributed by atoms with Crippen molar-refractivity contribution in [3.63, 3.8) is 0 Å². The van der Waals surface area contributed by atoms with Gasteiger partial charge in [0.1, 0.15) is 17.1 Å². The van der Waals surface area contributed by atoms with Crippen LogP contribution in [-0.2, 0) is 6.42 Å². The van der Waals surface area contributed by atoms with E-state index >= 15 is 0 Å². The lowest BCUT2D eigenvalue weighted by atomic mass is 10.2. The number of benzene rings is 1. The fourth-order valence-corrected chi connectivity index (χ4v) is 2.55. The summed E-state index contributed by atoms with van der Waals surface area (Å²) >= 11 is 0. The Hall–Kier alpha value is -3.40. The third kappa shape index (κ3) is 2.54. The summed E-state index contributed by atoms with van der Waals surface area (Å²) in [6, 6.07) is 10.8. The number of hydrogen-bond acceptors (Lipinski definition) is 5. The monoisotopic (exact) mass is 322 g/mol. The first-order valence-corrected chi connectivity index (χ1v) is 7.18. The largest absolute Gasteiger partial charge is 0.497 e. The molecular formula is C17H14N4O3. The summed E-state index contributed by atoms with van der Waals surface area (Å²) in [6.07, 6.45) is 0.0871. The van der Waals surface area contributed by atoms with Crippen molar-refractivity contribution in [3.05, 3.63) is 47.4 Å². The van der Waals surface area contributed by atoms with Crippen LogP contribution < -0.4 is 4.74 Å². The second-order valence-electron chi connectivity index (χ2n) is 5.17. The van der Waals surface area contributed by atoms with Crippen LogP contribution in [-0.4, -0.2) is 32.7 Å². The minimum atomic E-state index is -1.05. The molecule has 0 saturated heterocycles. The van der Waals surface area contributed by atoms with Gasteiger partial charge in [-0.1, -0.05) is 0 Å². The van der Waals surface area contributed by atoms with Crippen molar-refractivity contribution in [1.29, 1.82) is 5.26 Å². The fourth-order valence-electron chi connectivity index (χ4n) is 2.55. The Morgan fingerprint density at radius 3 is 2.62 bits per heavy atom. The summed E-state index contributed by atoms with van der Waals surface area (Å²) in [4.78, 5) is 20.1. The lowest BCUT2D eigenvalue weighted by Crippen LogP contribution is -2.04. The first-order chi connectivity index (χ1) is 11.5. The van der Waals surface area contributed by atoms with Gasteiger partial charge in [-0.3, -0.25) is 4.57 Å². The zero-order chi connectivity index (χ0) is 17.3. The summed E-state index contributed by atoms with van der Waals surface area (Å²) in [7, 11) is 1.58. The van der Waals surface area contributed by atoms with Gasteiger partial charge in [0.05, 0.1) is 30.9 Å². The number of hydrogen-bond donors (Lipinski definition) is 1. The molecule has 0 unspecified atom stereocenters. The average Bonchev–Trinajstić information content (AvgIpc) is 2.91. The predicted octanol–water partition coefficient (Wildman–Crippen LogP) is 2.50. The number of carbonyl (C=O) groups is 1. The van der Waals surface area contributed by atoms with E-state index in [0.29, 0.717) is 28.4 Å². The highest BCUT2D eigenvalue weighted by Gasteiger charge is 2.18. The number of imidazole rings is 1. The summed E-state index contributed by atoms with van der Waals surface area (Å²) in [5.74, 6) is 0.164. The average molecular weight is 322 g/mol. The molecule has 0 aliphatic carbocycles. The van der Waals surface area contributed by atoms with Gasteiger partial charge in [-0.25, -0.2) is 14.8 Å². The highest BCUT2D eigenvalue weighted by atomic mass is 16.5. The fraction of sp³-hybridized carbons (Fsp3) is 0.176. The molecule has 1 N–H and O–H groups in total. The number of carboxylic acids is 1. The number of rotatable bonds is 4. The molecule has 0 amide bonds. The molecular weight excluding hydrogens is 308 g/mol. The van der Waals surface area contributed by atoms with Crippen LogP contribution in [0.25, 0.3) is 16.9 Å². The maximum atomic E-state index is 11.3. The Morgan fingerprint density at radius 1 is 1.33 bits per heavy atom. The Balaban J connectivity index is 2.27. The van der Waals surface area contributed by atoms with Crippen LogP contribution >= 0.6 is 0 Å². The number of fused-ring (bicyclic) bond motifs is 1. The van der Waals surface area contributed by atoms with Crippen molar-refractivity contribution in [3.8, 4) is 17.5 Å². The molecule has 0 saturated carbocycles. The summed E-state index contributed by atoms with van der Waals surface area (Å²) < 4.78 is 6.92. The number of nitrogens with zero attached hydrogens (tertiary/aromatic N) is 4. The number of aryl methyl sites for hydroxylation is 1. The van der Waals surface area contributed by atoms with Crippen molar-refractivity contribution in [1.82, 2.24) is 14.5 Å². The summed E-state index contributed by atoms with van der Waals surface area (Å²) in [6.45, 7) is 1.64. The zero-order valence-corrected chi connectivity index (χ0v) is 13.1. The number of pyridine rings is 1. The van der Waals surface area contributed by atoms with Gasteiger partial charge >= 0.3 is 5.97 Å². The van der Waals surface area contributed by atoms with E-state index in [-0.39, 0.29) is 12.0 Å². The van der Waals surface area contributed by atoms with Crippen molar-refractivity contribution in [2.75, 3.05) is 7.11 Å². The molecule has 2 aromatic heterocycles. The molecule has 0 radical (unpaired) electrons. The highest BCUT2D eigenvalue weighted by molar-refractivity contribution is 5.92. The maximum absolute atomic E-state index is 11.3. The van der Waals surface area contributed by atoms with Gasteiger partial charge in [-0.15, -0.1) is 0 Å². The highest BCUT2D eigenvalue weighted by Crippen LogP contribution is 2.24. The van der Waals surface area contributed by atoms with E-state index in [1.54, 1.807) is 30.7 Å². The van der Waals surface area contributed by atoms with Gasteiger partial charge in [0.15, 0.2) is 5.65 Å². The van der Waals surface area contributed by atoms with Crippen LogP contribution in [0, 0.1) is 18.3 Å². The predicted molar refractivity (Wildman–Crippen MR) is 86.4 cm³/mol. The Kier molecular flexibility index (Phi) is 3.88. The van der Waals surface area contributed by atoms with Crippen molar-refractivity contribution >= 4 is 17.1 Å². The number of methoxy groups -OCH3 is 1. The molecule has 0 fully saturated rings. The second kappa shape index (κ2) is 6.01. The van der Waals surface area contributed by atoms with Crippen molar-refractivity contribution < 1.29 is 14.6 Å². The Morgan fingerprint density at radius 2 is 2.04 bits per heavy atom. The molecule has 7 nitrogen and oxygen atoms in total. The van der Waals surface area contributed by atoms with Gasteiger partial charge < -0.3 is 9.84 Å². The first kappa shape index (κ1) is 15.5. The lowest BCUT2D eigenvalue weighted by molar-refractivity contribution is 0.0696. The van der Waals surface area contributed by atoms with Gasteiger partial charge in [0.2, 0.25) is 0 Å². The topological polar surface area (TPSA) is 101 Å². The molecule has 24 heavy (non-hydrogen) atoms. The minimum Gasteiger partial charge on any atom is -0.497 e. The standard InChI is InChI=1S/C17H14N4O3/c1-10-13(17(22)23)9-14-16(19-10)21(15(20-14)7-8-18)11-3-5-12(24-2)6-4-11/h3-6,9H,7H2,1-2H3,(H,22,23). The number of aromatic carboxylic acids is 1. The second-order valence-corrected chi connectivity index (χ2v) is 5.17. The number of carboxylic acid groups (broad SMARTS) is 1. The molecule has 1 aromatic carbocycles. The molecule has 2 heterocycles.